The Morgan fingerprint density at radius 3 is 2.09 bits per heavy atom. The van der Waals surface area contributed by atoms with Gasteiger partial charge in [0.25, 0.3) is 0 Å². The van der Waals surface area contributed by atoms with Crippen LogP contribution >= 0.6 is 0 Å². The number of hydrogen-bond acceptors (Lipinski definition) is 1. The third-order valence-electron chi connectivity index (χ3n) is 7.12. The van der Waals surface area contributed by atoms with Crippen LogP contribution in [0.25, 0.3) is 0 Å². The summed E-state index contributed by atoms with van der Waals surface area (Å²) in [6, 6.07) is 0. The van der Waals surface area contributed by atoms with Crippen molar-refractivity contribution in [3.05, 3.63) is 0 Å². The number of fused-ring (bicyclic) bond motifs is 1. The number of rotatable bonds is 3. The second kappa shape index (κ2) is 7.33. The first-order chi connectivity index (χ1) is 11.1. The monoisotopic (exact) mass is 332 g/mol. The summed E-state index contributed by atoms with van der Waals surface area (Å²) in [5.41, 5.74) is 0. The highest BCUT2D eigenvalue weighted by molar-refractivity contribution is 5.02. The van der Waals surface area contributed by atoms with E-state index in [1.807, 2.05) is 0 Å². The lowest BCUT2D eigenvalue weighted by molar-refractivity contribution is -0.124. The highest BCUT2D eigenvalue weighted by atomic mass is 19.2. The van der Waals surface area contributed by atoms with Crippen LogP contribution in [0.4, 0.5) is 13.2 Å². The Kier molecular flexibility index (Phi) is 5.60. The van der Waals surface area contributed by atoms with Crippen LogP contribution in [0.1, 0.15) is 58.3 Å². The van der Waals surface area contributed by atoms with E-state index in [1.165, 1.54) is 13.5 Å². The number of hydrogen-bond donors (Lipinski definition) is 0. The molecule has 0 amide bonds. The normalized spacial score (nSPS) is 51.3. The van der Waals surface area contributed by atoms with Crippen LogP contribution < -0.4 is 0 Å². The quantitative estimate of drug-likeness (QED) is 0.683. The molecule has 0 bridgehead atoms. The molecule has 3 fully saturated rings. The summed E-state index contributed by atoms with van der Waals surface area (Å²) < 4.78 is 49.2. The van der Waals surface area contributed by atoms with Crippen LogP contribution in [-0.2, 0) is 4.74 Å². The van der Waals surface area contributed by atoms with Crippen LogP contribution in [0.3, 0.4) is 0 Å². The maximum atomic E-state index is 14.8. The van der Waals surface area contributed by atoms with Gasteiger partial charge in [0.05, 0.1) is 6.10 Å². The molecule has 0 heterocycles. The molecule has 0 aromatic heterocycles. The fourth-order valence-electron chi connectivity index (χ4n) is 5.60. The molecule has 0 N–H and O–H groups in total. The summed E-state index contributed by atoms with van der Waals surface area (Å²) in [7, 11) is 1.47. The van der Waals surface area contributed by atoms with E-state index in [9.17, 15) is 13.2 Å². The Morgan fingerprint density at radius 1 is 0.826 bits per heavy atom. The molecule has 0 aromatic carbocycles. The fourth-order valence-corrected chi connectivity index (χ4v) is 5.60. The van der Waals surface area contributed by atoms with Crippen molar-refractivity contribution in [3.8, 4) is 0 Å². The van der Waals surface area contributed by atoms with Crippen LogP contribution in [0.2, 0.25) is 0 Å². The van der Waals surface area contributed by atoms with Crippen LogP contribution in [-0.4, -0.2) is 31.7 Å². The van der Waals surface area contributed by atoms with Gasteiger partial charge in [-0.2, -0.15) is 0 Å². The van der Waals surface area contributed by atoms with Gasteiger partial charge in [-0.25, -0.2) is 13.2 Å². The van der Waals surface area contributed by atoms with Gasteiger partial charge in [-0.15, -0.1) is 0 Å². The second-order valence-electron chi connectivity index (χ2n) is 8.11. The number of methoxy groups -OCH3 is 1. The van der Waals surface area contributed by atoms with Crippen LogP contribution in [0.5, 0.6) is 0 Å². The summed E-state index contributed by atoms with van der Waals surface area (Å²) in [5, 5.41) is 0. The molecular weight excluding hydrogens is 301 g/mol. The lowest BCUT2D eigenvalue weighted by Crippen LogP contribution is -2.54. The average Bonchev–Trinajstić information content (AvgIpc) is 2.58. The van der Waals surface area contributed by atoms with Crippen molar-refractivity contribution in [1.29, 1.82) is 0 Å². The highest BCUT2D eigenvalue weighted by Crippen LogP contribution is 2.51. The van der Waals surface area contributed by atoms with E-state index in [0.29, 0.717) is 18.8 Å². The zero-order valence-electron chi connectivity index (χ0n) is 14.4. The largest absolute Gasteiger partial charge is 0.378 e. The molecule has 1 nitrogen and oxygen atoms in total. The zero-order valence-corrected chi connectivity index (χ0v) is 14.4. The molecule has 7 atom stereocenters. The second-order valence-corrected chi connectivity index (χ2v) is 8.11. The van der Waals surface area contributed by atoms with Crippen LogP contribution in [0.15, 0.2) is 0 Å². The first-order valence-electron chi connectivity index (χ1n) is 9.51. The first-order valence-corrected chi connectivity index (χ1v) is 9.51. The molecule has 0 aromatic rings. The van der Waals surface area contributed by atoms with E-state index in [-0.39, 0.29) is 11.8 Å². The molecule has 3 aliphatic rings. The third-order valence-corrected chi connectivity index (χ3v) is 7.12. The molecule has 3 rings (SSSR count). The van der Waals surface area contributed by atoms with E-state index in [2.05, 4.69) is 6.92 Å². The molecule has 3 aliphatic carbocycles. The SMILES string of the molecule is CCC1CCC(C2CC3CCC(OC)C(F)C3C(F)C2F)CC1. The number of halogens is 3. The van der Waals surface area contributed by atoms with Crippen molar-refractivity contribution < 1.29 is 17.9 Å². The Hall–Kier alpha value is -0.250. The van der Waals surface area contributed by atoms with Gasteiger partial charge in [0.1, 0.15) is 18.5 Å². The standard InChI is InChI=1S/C19H31F3O/c1-3-11-4-6-12(7-5-11)14-10-13-8-9-15(23-2)18(21)16(13)19(22)17(14)20/h11-19H,3-10H2,1-2H3. The highest BCUT2D eigenvalue weighted by Gasteiger charge is 2.54. The Morgan fingerprint density at radius 2 is 1.48 bits per heavy atom. The summed E-state index contributed by atoms with van der Waals surface area (Å²) in [4.78, 5) is 0. The van der Waals surface area contributed by atoms with Crippen molar-refractivity contribution in [1.82, 2.24) is 0 Å². The minimum Gasteiger partial charge on any atom is -0.378 e. The molecule has 4 heteroatoms. The molecule has 134 valence electrons. The summed E-state index contributed by atoms with van der Waals surface area (Å²) in [6.45, 7) is 2.21. The summed E-state index contributed by atoms with van der Waals surface area (Å²) in [5.74, 6) is 0.0500. The maximum absolute atomic E-state index is 14.8. The van der Waals surface area contributed by atoms with Crippen molar-refractivity contribution in [2.75, 3.05) is 7.11 Å². The molecule has 0 spiro atoms. The van der Waals surface area contributed by atoms with Gasteiger partial charge in [0.15, 0.2) is 0 Å². The lowest BCUT2D eigenvalue weighted by Gasteiger charge is -2.49. The van der Waals surface area contributed by atoms with Gasteiger partial charge in [-0.3, -0.25) is 0 Å². The van der Waals surface area contributed by atoms with E-state index in [0.717, 1.165) is 38.0 Å². The molecule has 7 unspecified atom stereocenters. The lowest BCUT2D eigenvalue weighted by atomic mass is 9.60. The van der Waals surface area contributed by atoms with Gasteiger partial charge >= 0.3 is 0 Å². The molecule has 0 radical (unpaired) electrons. The van der Waals surface area contributed by atoms with Gasteiger partial charge in [0.2, 0.25) is 0 Å². The van der Waals surface area contributed by atoms with Crippen molar-refractivity contribution in [2.24, 2.45) is 29.6 Å². The van der Waals surface area contributed by atoms with Crippen molar-refractivity contribution >= 4 is 0 Å². The predicted molar refractivity (Wildman–Crippen MR) is 85.5 cm³/mol. The number of ether oxygens (including phenoxy) is 1. The third kappa shape index (κ3) is 3.29. The Balaban J connectivity index is 1.67. The van der Waals surface area contributed by atoms with E-state index in [4.69, 9.17) is 4.74 Å². The predicted octanol–water partition coefficient (Wildman–Crippen LogP) is 5.28. The maximum Gasteiger partial charge on any atom is 0.137 e. The van der Waals surface area contributed by atoms with Gasteiger partial charge in [0, 0.05) is 13.0 Å². The first kappa shape index (κ1) is 17.6. The Bertz CT molecular complexity index is 381. The fraction of sp³-hybridized carbons (Fsp3) is 1.00. The van der Waals surface area contributed by atoms with Gasteiger partial charge in [-0.05, 0) is 55.8 Å². The Labute approximate surface area is 138 Å². The minimum absolute atomic E-state index is 0.00713. The van der Waals surface area contributed by atoms with E-state index in [1.54, 1.807) is 0 Å². The average molecular weight is 332 g/mol. The van der Waals surface area contributed by atoms with Crippen molar-refractivity contribution in [2.45, 2.75) is 82.9 Å². The zero-order chi connectivity index (χ0) is 16.6. The summed E-state index contributed by atoms with van der Waals surface area (Å²) >= 11 is 0. The summed E-state index contributed by atoms with van der Waals surface area (Å²) in [6.07, 6.45) is 2.54. The van der Waals surface area contributed by atoms with Crippen LogP contribution in [0, 0.1) is 29.6 Å². The van der Waals surface area contributed by atoms with Gasteiger partial charge in [-0.1, -0.05) is 26.2 Å². The molecule has 0 saturated heterocycles. The molecule has 3 saturated carbocycles. The molecular formula is C19H31F3O. The van der Waals surface area contributed by atoms with E-state index >= 15 is 0 Å². The number of alkyl halides is 3. The minimum atomic E-state index is -1.66. The molecule has 23 heavy (non-hydrogen) atoms. The van der Waals surface area contributed by atoms with Crippen molar-refractivity contribution in [3.63, 3.8) is 0 Å². The smallest absolute Gasteiger partial charge is 0.137 e. The van der Waals surface area contributed by atoms with E-state index < -0.39 is 30.5 Å². The van der Waals surface area contributed by atoms with Gasteiger partial charge < -0.3 is 4.74 Å². The topological polar surface area (TPSA) is 9.23 Å². The molecule has 0 aliphatic heterocycles.